The van der Waals surface area contributed by atoms with Gasteiger partial charge in [0.25, 0.3) is 0 Å². The predicted octanol–water partition coefficient (Wildman–Crippen LogP) is 2.92. The van der Waals surface area contributed by atoms with Crippen LogP contribution in [0.2, 0.25) is 10.0 Å². The van der Waals surface area contributed by atoms with E-state index in [1.54, 1.807) is 0 Å². The molecule has 0 aliphatic carbocycles. The van der Waals surface area contributed by atoms with Gasteiger partial charge in [0, 0.05) is 16.6 Å². The molecule has 0 aromatic heterocycles. The first-order valence-electron chi connectivity index (χ1n) is 5.25. The summed E-state index contributed by atoms with van der Waals surface area (Å²) in [7, 11) is -3.73. The third kappa shape index (κ3) is 3.59. The zero-order valence-corrected chi connectivity index (χ0v) is 12.1. The number of hydrogen-bond donors (Lipinski definition) is 0. The molecule has 0 N–H and O–H groups in total. The van der Waals surface area contributed by atoms with Crippen molar-refractivity contribution in [2.75, 3.05) is 13.1 Å². The largest absolute Gasteiger partial charge is 0.244 e. The molecule has 0 bridgehead atoms. The maximum Gasteiger partial charge on any atom is 0.244 e. The van der Waals surface area contributed by atoms with Crippen LogP contribution in [-0.4, -0.2) is 25.8 Å². The zero-order valence-electron chi connectivity index (χ0n) is 9.73. The lowest BCUT2D eigenvalue weighted by Crippen LogP contribution is -2.32. The Balaban J connectivity index is 3.22. The van der Waals surface area contributed by atoms with Crippen LogP contribution in [0.25, 0.3) is 0 Å². The quantitative estimate of drug-likeness (QED) is 0.786. The molecule has 0 amide bonds. The fourth-order valence-corrected chi connectivity index (χ4v) is 3.60. The van der Waals surface area contributed by atoms with Crippen molar-refractivity contribution in [1.82, 2.24) is 4.31 Å². The molecule has 0 saturated carbocycles. The third-order valence-corrected chi connectivity index (χ3v) is 4.45. The summed E-state index contributed by atoms with van der Waals surface area (Å²) in [6.45, 7) is 1.92. The summed E-state index contributed by atoms with van der Waals surface area (Å²) < 4.78 is 25.7. The highest BCUT2D eigenvalue weighted by molar-refractivity contribution is 7.89. The van der Waals surface area contributed by atoms with E-state index in [1.165, 1.54) is 18.2 Å². The van der Waals surface area contributed by atoms with Crippen LogP contribution in [0.15, 0.2) is 23.1 Å². The fourth-order valence-electron chi connectivity index (χ4n) is 1.44. The second-order valence-corrected chi connectivity index (χ2v) is 6.41. The maximum atomic E-state index is 12.3. The van der Waals surface area contributed by atoms with Crippen molar-refractivity contribution in [3.63, 3.8) is 0 Å². The molecule has 0 saturated heterocycles. The van der Waals surface area contributed by atoms with Crippen molar-refractivity contribution in [2.45, 2.75) is 18.2 Å². The molecule has 0 atom stereocenters. The summed E-state index contributed by atoms with van der Waals surface area (Å²) >= 11 is 11.6. The molecule has 4 nitrogen and oxygen atoms in total. The number of rotatable bonds is 5. The highest BCUT2D eigenvalue weighted by Gasteiger charge is 2.24. The van der Waals surface area contributed by atoms with Gasteiger partial charge in [-0.2, -0.15) is 9.57 Å². The Kier molecular flexibility index (Phi) is 5.42. The van der Waals surface area contributed by atoms with Crippen LogP contribution in [0, 0.1) is 11.3 Å². The fraction of sp³-hybridized carbons (Fsp3) is 0.364. The minimum Gasteiger partial charge on any atom is -0.207 e. The standard InChI is InChI=1S/C11H12Cl2N2O2S/c1-2-4-15(5-3-14)18(16,17)11-7-9(12)6-10(13)8-11/h6-8H,2,4-5H2,1H3. The van der Waals surface area contributed by atoms with Crippen LogP contribution >= 0.6 is 23.2 Å². The van der Waals surface area contributed by atoms with E-state index in [2.05, 4.69) is 0 Å². The predicted molar refractivity (Wildman–Crippen MR) is 71.1 cm³/mol. The molecule has 1 aromatic carbocycles. The summed E-state index contributed by atoms with van der Waals surface area (Å²) in [5.74, 6) is 0. The van der Waals surface area contributed by atoms with E-state index in [1.807, 2.05) is 13.0 Å². The van der Waals surface area contributed by atoms with Crippen LogP contribution < -0.4 is 0 Å². The topological polar surface area (TPSA) is 61.2 Å². The molecule has 7 heteroatoms. The Morgan fingerprint density at radius 3 is 2.28 bits per heavy atom. The van der Waals surface area contributed by atoms with E-state index in [4.69, 9.17) is 28.5 Å². The molecule has 0 radical (unpaired) electrons. The number of halogens is 2. The van der Waals surface area contributed by atoms with Gasteiger partial charge in [0.05, 0.1) is 11.0 Å². The first-order valence-corrected chi connectivity index (χ1v) is 7.44. The lowest BCUT2D eigenvalue weighted by Gasteiger charge is -2.18. The van der Waals surface area contributed by atoms with Gasteiger partial charge in [-0.15, -0.1) is 0 Å². The molecular weight excluding hydrogens is 295 g/mol. The normalized spacial score (nSPS) is 11.5. The first kappa shape index (κ1) is 15.3. The molecule has 0 fully saturated rings. The summed E-state index contributed by atoms with van der Waals surface area (Å²) in [5, 5.41) is 9.16. The van der Waals surface area contributed by atoms with Crippen LogP contribution in [0.4, 0.5) is 0 Å². The van der Waals surface area contributed by atoms with Gasteiger partial charge in [0.1, 0.15) is 6.54 Å². The number of benzene rings is 1. The van der Waals surface area contributed by atoms with Crippen molar-refractivity contribution in [3.8, 4) is 6.07 Å². The van der Waals surface area contributed by atoms with Crippen molar-refractivity contribution < 1.29 is 8.42 Å². The Bertz CT molecular complexity index is 547. The summed E-state index contributed by atoms with van der Waals surface area (Å²) in [6, 6.07) is 5.94. The molecule has 98 valence electrons. The van der Waals surface area contributed by atoms with Crippen LogP contribution in [-0.2, 0) is 10.0 Å². The molecule has 0 aliphatic rings. The number of hydrogen-bond acceptors (Lipinski definition) is 3. The lowest BCUT2D eigenvalue weighted by molar-refractivity contribution is 0.444. The van der Waals surface area contributed by atoms with Crippen molar-refractivity contribution in [2.24, 2.45) is 0 Å². The van der Waals surface area contributed by atoms with E-state index in [0.717, 1.165) is 4.31 Å². The minimum atomic E-state index is -3.73. The molecule has 1 rings (SSSR count). The van der Waals surface area contributed by atoms with Gasteiger partial charge in [-0.25, -0.2) is 8.42 Å². The number of sulfonamides is 1. The van der Waals surface area contributed by atoms with E-state index in [9.17, 15) is 8.42 Å². The van der Waals surface area contributed by atoms with Crippen LogP contribution in [0.1, 0.15) is 13.3 Å². The first-order chi connectivity index (χ1) is 8.41. The molecule has 0 spiro atoms. The lowest BCUT2D eigenvalue weighted by atomic mass is 10.4. The molecular formula is C11H12Cl2N2O2S. The Morgan fingerprint density at radius 1 is 1.28 bits per heavy atom. The van der Waals surface area contributed by atoms with Gasteiger partial charge in [-0.05, 0) is 24.6 Å². The molecule has 1 aromatic rings. The monoisotopic (exact) mass is 306 g/mol. The maximum absolute atomic E-state index is 12.3. The summed E-state index contributed by atoms with van der Waals surface area (Å²) in [4.78, 5) is 0.00343. The summed E-state index contributed by atoms with van der Waals surface area (Å²) in [5.41, 5.74) is 0. The van der Waals surface area contributed by atoms with E-state index in [-0.39, 0.29) is 28.0 Å². The number of nitriles is 1. The summed E-state index contributed by atoms with van der Waals surface area (Å²) in [6.07, 6.45) is 0.620. The Hall–Kier alpha value is -0.800. The van der Waals surface area contributed by atoms with Gasteiger partial charge >= 0.3 is 0 Å². The van der Waals surface area contributed by atoms with Crippen molar-refractivity contribution >= 4 is 33.2 Å². The van der Waals surface area contributed by atoms with Crippen LogP contribution in [0.5, 0.6) is 0 Å². The Morgan fingerprint density at radius 2 is 1.83 bits per heavy atom. The molecule has 18 heavy (non-hydrogen) atoms. The van der Waals surface area contributed by atoms with Crippen molar-refractivity contribution in [3.05, 3.63) is 28.2 Å². The zero-order chi connectivity index (χ0) is 13.8. The second kappa shape index (κ2) is 6.39. The average Bonchev–Trinajstić information content (AvgIpc) is 2.27. The van der Waals surface area contributed by atoms with E-state index < -0.39 is 10.0 Å². The number of nitrogens with zero attached hydrogens (tertiary/aromatic N) is 2. The average molecular weight is 307 g/mol. The smallest absolute Gasteiger partial charge is 0.207 e. The van der Waals surface area contributed by atoms with Crippen LogP contribution in [0.3, 0.4) is 0 Å². The van der Waals surface area contributed by atoms with E-state index >= 15 is 0 Å². The molecule has 0 unspecified atom stereocenters. The third-order valence-electron chi connectivity index (χ3n) is 2.19. The van der Waals surface area contributed by atoms with E-state index in [0.29, 0.717) is 6.42 Å². The highest BCUT2D eigenvalue weighted by atomic mass is 35.5. The molecule has 0 heterocycles. The van der Waals surface area contributed by atoms with Gasteiger partial charge in [0.15, 0.2) is 0 Å². The van der Waals surface area contributed by atoms with Gasteiger partial charge in [-0.3, -0.25) is 0 Å². The molecule has 0 aliphatic heterocycles. The Labute approximate surface area is 117 Å². The minimum absolute atomic E-state index is 0.00343. The van der Waals surface area contributed by atoms with Gasteiger partial charge in [0.2, 0.25) is 10.0 Å². The second-order valence-electron chi connectivity index (χ2n) is 3.60. The van der Waals surface area contributed by atoms with Gasteiger partial charge in [-0.1, -0.05) is 30.1 Å². The highest BCUT2D eigenvalue weighted by Crippen LogP contribution is 2.24. The van der Waals surface area contributed by atoms with Crippen molar-refractivity contribution in [1.29, 1.82) is 5.26 Å². The van der Waals surface area contributed by atoms with Gasteiger partial charge < -0.3 is 0 Å². The SMILES string of the molecule is CCCN(CC#N)S(=O)(=O)c1cc(Cl)cc(Cl)c1.